The number of rotatable bonds is 4. The standard InChI is InChI=1S/C22H20O/c23-10-4-3-5-16-8-9-19-14-21-12-17-6-1-2-7-18(17)13-22(21)15-20(19)11-16/h1-2,6-9,11-15,23H,3-5,10H2. The number of benzene rings is 4. The molecule has 0 aliphatic carbocycles. The number of fused-ring (bicyclic) bond motifs is 3. The van der Waals surface area contributed by atoms with Crippen LogP contribution >= 0.6 is 0 Å². The van der Waals surface area contributed by atoms with Crippen LogP contribution in [0.1, 0.15) is 18.4 Å². The Bertz CT molecular complexity index is 985. The molecule has 4 rings (SSSR count). The molecule has 0 saturated carbocycles. The predicted octanol–water partition coefficient (Wildman–Crippen LogP) is 5.46. The van der Waals surface area contributed by atoms with E-state index >= 15 is 0 Å². The fourth-order valence-electron chi connectivity index (χ4n) is 3.34. The largest absolute Gasteiger partial charge is 0.396 e. The van der Waals surface area contributed by atoms with E-state index in [0.29, 0.717) is 0 Å². The molecular weight excluding hydrogens is 280 g/mol. The van der Waals surface area contributed by atoms with Crippen molar-refractivity contribution in [2.24, 2.45) is 0 Å². The summed E-state index contributed by atoms with van der Waals surface area (Å²) in [7, 11) is 0. The number of unbranched alkanes of at least 4 members (excludes halogenated alkanes) is 1. The fourth-order valence-corrected chi connectivity index (χ4v) is 3.34. The van der Waals surface area contributed by atoms with Gasteiger partial charge in [0.15, 0.2) is 0 Å². The van der Waals surface area contributed by atoms with Crippen LogP contribution in [-0.4, -0.2) is 11.7 Å². The van der Waals surface area contributed by atoms with E-state index in [4.69, 9.17) is 5.11 Å². The maximum absolute atomic E-state index is 8.92. The highest BCUT2D eigenvalue weighted by Gasteiger charge is 2.02. The summed E-state index contributed by atoms with van der Waals surface area (Å²) >= 11 is 0. The molecule has 23 heavy (non-hydrogen) atoms. The highest BCUT2D eigenvalue weighted by molar-refractivity contribution is 6.04. The molecule has 1 N–H and O–H groups in total. The van der Waals surface area contributed by atoms with Gasteiger partial charge in [0.2, 0.25) is 0 Å². The predicted molar refractivity (Wildman–Crippen MR) is 99.0 cm³/mol. The summed E-state index contributed by atoms with van der Waals surface area (Å²) in [6, 6.07) is 24.4. The lowest BCUT2D eigenvalue weighted by atomic mass is 9.97. The van der Waals surface area contributed by atoms with Crippen molar-refractivity contribution in [3.8, 4) is 0 Å². The lowest BCUT2D eigenvalue weighted by molar-refractivity contribution is 0.284. The average molecular weight is 300 g/mol. The molecular formula is C22H20O. The molecule has 0 spiro atoms. The molecule has 0 aromatic heterocycles. The zero-order chi connectivity index (χ0) is 15.6. The molecule has 0 aliphatic heterocycles. The molecule has 1 nitrogen and oxygen atoms in total. The summed E-state index contributed by atoms with van der Waals surface area (Å²) in [6.45, 7) is 0.283. The van der Waals surface area contributed by atoms with E-state index in [1.54, 1.807) is 0 Å². The first-order valence-corrected chi connectivity index (χ1v) is 8.29. The van der Waals surface area contributed by atoms with Crippen molar-refractivity contribution >= 4 is 32.3 Å². The van der Waals surface area contributed by atoms with Crippen molar-refractivity contribution in [3.05, 3.63) is 72.3 Å². The molecule has 0 radical (unpaired) electrons. The van der Waals surface area contributed by atoms with E-state index in [1.807, 2.05) is 0 Å². The van der Waals surface area contributed by atoms with Crippen molar-refractivity contribution in [2.75, 3.05) is 6.61 Å². The fraction of sp³-hybridized carbons (Fsp3) is 0.182. The van der Waals surface area contributed by atoms with Gasteiger partial charge < -0.3 is 5.11 Å². The highest BCUT2D eigenvalue weighted by atomic mass is 16.2. The minimum Gasteiger partial charge on any atom is -0.396 e. The maximum atomic E-state index is 8.92. The Morgan fingerprint density at radius 3 is 1.78 bits per heavy atom. The first-order chi connectivity index (χ1) is 11.3. The van der Waals surface area contributed by atoms with Crippen LogP contribution in [0.25, 0.3) is 32.3 Å². The summed E-state index contributed by atoms with van der Waals surface area (Å²) in [4.78, 5) is 0. The zero-order valence-corrected chi connectivity index (χ0v) is 13.1. The van der Waals surface area contributed by atoms with Crippen LogP contribution in [0.4, 0.5) is 0 Å². The molecule has 114 valence electrons. The Labute approximate surface area is 136 Å². The van der Waals surface area contributed by atoms with Gasteiger partial charge in [-0.2, -0.15) is 0 Å². The van der Waals surface area contributed by atoms with Crippen molar-refractivity contribution in [1.29, 1.82) is 0 Å². The molecule has 0 amide bonds. The van der Waals surface area contributed by atoms with E-state index in [2.05, 4.69) is 66.7 Å². The number of hydrogen-bond acceptors (Lipinski definition) is 1. The molecule has 0 aliphatic rings. The highest BCUT2D eigenvalue weighted by Crippen LogP contribution is 2.28. The van der Waals surface area contributed by atoms with Gasteiger partial charge in [0.1, 0.15) is 0 Å². The second kappa shape index (κ2) is 6.02. The van der Waals surface area contributed by atoms with Crippen LogP contribution < -0.4 is 0 Å². The Morgan fingerprint density at radius 2 is 1.13 bits per heavy atom. The smallest absolute Gasteiger partial charge is 0.0431 e. The second-order valence-corrected chi connectivity index (χ2v) is 6.26. The van der Waals surface area contributed by atoms with Gasteiger partial charge in [-0.25, -0.2) is 0 Å². The van der Waals surface area contributed by atoms with E-state index in [9.17, 15) is 0 Å². The molecule has 0 bridgehead atoms. The average Bonchev–Trinajstić information content (AvgIpc) is 2.58. The molecule has 0 heterocycles. The van der Waals surface area contributed by atoms with Gasteiger partial charge in [-0.05, 0) is 81.4 Å². The third kappa shape index (κ3) is 2.80. The van der Waals surface area contributed by atoms with E-state index in [1.165, 1.54) is 37.9 Å². The Morgan fingerprint density at radius 1 is 0.565 bits per heavy atom. The van der Waals surface area contributed by atoms with Crippen molar-refractivity contribution in [3.63, 3.8) is 0 Å². The molecule has 0 fully saturated rings. The summed E-state index contributed by atoms with van der Waals surface area (Å²) in [5.41, 5.74) is 1.35. The second-order valence-electron chi connectivity index (χ2n) is 6.26. The lowest BCUT2D eigenvalue weighted by Crippen LogP contribution is -1.89. The van der Waals surface area contributed by atoms with E-state index in [-0.39, 0.29) is 6.61 Å². The topological polar surface area (TPSA) is 20.2 Å². The third-order valence-electron chi connectivity index (χ3n) is 4.60. The summed E-state index contributed by atoms with van der Waals surface area (Å²) in [6.07, 6.45) is 2.95. The first kappa shape index (κ1) is 14.2. The van der Waals surface area contributed by atoms with E-state index < -0.39 is 0 Å². The van der Waals surface area contributed by atoms with Gasteiger partial charge in [-0.1, -0.05) is 42.5 Å². The van der Waals surface area contributed by atoms with Gasteiger partial charge in [-0.15, -0.1) is 0 Å². The van der Waals surface area contributed by atoms with Crippen molar-refractivity contribution in [1.82, 2.24) is 0 Å². The van der Waals surface area contributed by atoms with Crippen LogP contribution in [0.2, 0.25) is 0 Å². The van der Waals surface area contributed by atoms with Gasteiger partial charge in [-0.3, -0.25) is 0 Å². The summed E-state index contributed by atoms with van der Waals surface area (Å²) in [5.74, 6) is 0. The monoisotopic (exact) mass is 300 g/mol. The first-order valence-electron chi connectivity index (χ1n) is 8.29. The normalized spacial score (nSPS) is 11.5. The van der Waals surface area contributed by atoms with Crippen LogP contribution in [0.5, 0.6) is 0 Å². The minimum absolute atomic E-state index is 0.283. The van der Waals surface area contributed by atoms with Crippen LogP contribution in [0.15, 0.2) is 66.7 Å². The Kier molecular flexibility index (Phi) is 3.72. The van der Waals surface area contributed by atoms with Crippen molar-refractivity contribution < 1.29 is 5.11 Å². The number of aryl methyl sites for hydroxylation is 1. The minimum atomic E-state index is 0.283. The van der Waals surface area contributed by atoms with Gasteiger partial charge in [0.05, 0.1) is 0 Å². The lowest BCUT2D eigenvalue weighted by Gasteiger charge is -2.07. The van der Waals surface area contributed by atoms with Gasteiger partial charge >= 0.3 is 0 Å². The molecule has 0 atom stereocenters. The molecule has 0 unspecified atom stereocenters. The SMILES string of the molecule is OCCCCc1ccc2cc3cc4ccccc4cc3cc2c1. The maximum Gasteiger partial charge on any atom is 0.0431 e. The summed E-state index contributed by atoms with van der Waals surface area (Å²) in [5, 5.41) is 16.7. The third-order valence-corrected chi connectivity index (χ3v) is 4.60. The molecule has 4 aromatic carbocycles. The quantitative estimate of drug-likeness (QED) is 0.392. The number of aliphatic hydroxyl groups is 1. The molecule has 4 aromatic rings. The number of hydrogen-bond donors (Lipinski definition) is 1. The van der Waals surface area contributed by atoms with Gasteiger partial charge in [0, 0.05) is 6.61 Å². The van der Waals surface area contributed by atoms with Crippen LogP contribution in [-0.2, 0) is 6.42 Å². The molecule has 0 saturated heterocycles. The van der Waals surface area contributed by atoms with Gasteiger partial charge in [0.25, 0.3) is 0 Å². The Hall–Kier alpha value is -2.38. The Balaban J connectivity index is 1.82. The molecule has 1 heteroatoms. The zero-order valence-electron chi connectivity index (χ0n) is 13.1. The summed E-state index contributed by atoms with van der Waals surface area (Å²) < 4.78 is 0. The van der Waals surface area contributed by atoms with Crippen molar-refractivity contribution in [2.45, 2.75) is 19.3 Å². The number of aliphatic hydroxyl groups excluding tert-OH is 1. The van der Waals surface area contributed by atoms with Crippen LogP contribution in [0, 0.1) is 0 Å². The van der Waals surface area contributed by atoms with Crippen LogP contribution in [0.3, 0.4) is 0 Å². The van der Waals surface area contributed by atoms with E-state index in [0.717, 1.165) is 19.3 Å².